The van der Waals surface area contributed by atoms with Gasteiger partial charge in [0.15, 0.2) is 0 Å². The third-order valence-electron chi connectivity index (χ3n) is 6.60. The van der Waals surface area contributed by atoms with Crippen LogP contribution in [0, 0.1) is 5.82 Å². The molecule has 0 spiro atoms. The van der Waals surface area contributed by atoms with E-state index in [0.29, 0.717) is 47.5 Å². The minimum atomic E-state index is -4.59. The van der Waals surface area contributed by atoms with Crippen molar-refractivity contribution in [2.24, 2.45) is 5.73 Å². The van der Waals surface area contributed by atoms with Crippen LogP contribution < -0.4 is 11.1 Å². The number of amides is 1. The molecule has 0 atom stereocenters. The van der Waals surface area contributed by atoms with Gasteiger partial charge < -0.3 is 11.1 Å². The quantitative estimate of drug-likeness (QED) is 0.284. The molecule has 37 heavy (non-hydrogen) atoms. The van der Waals surface area contributed by atoms with Crippen molar-refractivity contribution in [1.82, 2.24) is 14.8 Å². The summed E-state index contributed by atoms with van der Waals surface area (Å²) in [6.45, 7) is 0. The lowest BCUT2D eigenvalue weighted by molar-refractivity contribution is -0.140. The van der Waals surface area contributed by atoms with Gasteiger partial charge in [0.25, 0.3) is 5.91 Å². The zero-order chi connectivity index (χ0) is 26.3. The maximum Gasteiger partial charge on any atom is 0.433 e. The van der Waals surface area contributed by atoms with Crippen molar-refractivity contribution in [3.05, 3.63) is 76.8 Å². The fourth-order valence-electron chi connectivity index (χ4n) is 4.80. The number of halogens is 5. The molecule has 2 aromatic heterocycles. The van der Waals surface area contributed by atoms with Gasteiger partial charge in [-0.05, 0) is 68.1 Å². The summed E-state index contributed by atoms with van der Waals surface area (Å²) in [5.74, 6) is -1.13. The molecule has 0 unspecified atom stereocenters. The summed E-state index contributed by atoms with van der Waals surface area (Å²) < 4.78 is 56.2. The number of primary amides is 1. The third-order valence-corrected chi connectivity index (χ3v) is 6.84. The first-order valence-corrected chi connectivity index (χ1v) is 12.1. The second kappa shape index (κ2) is 9.66. The van der Waals surface area contributed by atoms with Crippen LogP contribution in [0.25, 0.3) is 22.2 Å². The van der Waals surface area contributed by atoms with Gasteiger partial charge in [-0.1, -0.05) is 23.7 Å². The molecule has 0 aliphatic heterocycles. The second-order valence-electron chi connectivity index (χ2n) is 9.07. The normalized spacial score (nSPS) is 18.2. The molecule has 11 heteroatoms. The van der Waals surface area contributed by atoms with Gasteiger partial charge in [0.2, 0.25) is 0 Å². The van der Waals surface area contributed by atoms with E-state index in [0.717, 1.165) is 6.07 Å². The van der Waals surface area contributed by atoms with E-state index in [-0.39, 0.29) is 28.9 Å². The molecule has 5 rings (SSSR count). The number of nitrogens with zero attached hydrogens (tertiary/aromatic N) is 3. The number of alkyl halides is 3. The highest BCUT2D eigenvalue weighted by Gasteiger charge is 2.34. The highest BCUT2D eigenvalue weighted by molar-refractivity contribution is 6.31. The summed E-state index contributed by atoms with van der Waals surface area (Å²) in [6, 6.07) is 12.9. The summed E-state index contributed by atoms with van der Waals surface area (Å²) in [7, 11) is 0. The molecule has 0 bridgehead atoms. The van der Waals surface area contributed by atoms with Gasteiger partial charge in [-0.2, -0.15) is 18.3 Å². The number of pyridine rings is 1. The highest BCUT2D eigenvalue weighted by Crippen LogP contribution is 2.37. The molecule has 1 saturated carbocycles. The SMILES string of the molecule is NC(=O)c1cc(-c2ccccc2F)nn1C1CCC(Nc2cc(C(F)(F)F)nc3ccc(Cl)cc23)CC1. The molecule has 1 amide bonds. The zero-order valence-electron chi connectivity index (χ0n) is 19.4. The molecule has 6 nitrogen and oxygen atoms in total. The van der Waals surface area contributed by atoms with E-state index in [1.165, 1.54) is 24.3 Å². The number of hydrogen-bond acceptors (Lipinski definition) is 4. The Balaban J connectivity index is 1.38. The van der Waals surface area contributed by atoms with E-state index in [1.54, 1.807) is 28.9 Å². The lowest BCUT2D eigenvalue weighted by Gasteiger charge is -2.31. The molecule has 0 radical (unpaired) electrons. The first-order chi connectivity index (χ1) is 17.6. The Morgan fingerprint density at radius 3 is 2.46 bits per heavy atom. The lowest BCUT2D eigenvalue weighted by atomic mass is 9.90. The largest absolute Gasteiger partial charge is 0.433 e. The standard InChI is InChI=1S/C26H22ClF4N5O/c27-14-5-10-20-18(11-14)21(13-24(34-20)26(29,30)31)33-15-6-8-16(9-7-15)36-23(25(32)37)12-22(35-36)17-3-1-2-4-19(17)28/h1-5,10-13,15-16H,6-9H2,(H2,32,37)(H,33,34). The van der Waals surface area contributed by atoms with Crippen molar-refractivity contribution < 1.29 is 22.4 Å². The zero-order valence-corrected chi connectivity index (χ0v) is 20.2. The predicted molar refractivity (Wildman–Crippen MR) is 133 cm³/mol. The Morgan fingerprint density at radius 2 is 1.78 bits per heavy atom. The number of rotatable bonds is 5. The van der Waals surface area contributed by atoms with E-state index in [2.05, 4.69) is 15.4 Å². The average Bonchev–Trinajstić information content (AvgIpc) is 3.30. The number of aromatic nitrogens is 3. The number of carbonyl (C=O) groups excluding carboxylic acids is 1. The van der Waals surface area contributed by atoms with E-state index in [9.17, 15) is 22.4 Å². The monoisotopic (exact) mass is 531 g/mol. The van der Waals surface area contributed by atoms with Crippen molar-refractivity contribution in [3.63, 3.8) is 0 Å². The van der Waals surface area contributed by atoms with Gasteiger partial charge in [0, 0.05) is 27.7 Å². The minimum absolute atomic E-state index is 0.124. The topological polar surface area (TPSA) is 85.8 Å². The van der Waals surface area contributed by atoms with Crippen molar-refractivity contribution in [2.75, 3.05) is 5.32 Å². The van der Waals surface area contributed by atoms with Crippen molar-refractivity contribution in [1.29, 1.82) is 0 Å². The Hall–Kier alpha value is -3.66. The summed E-state index contributed by atoms with van der Waals surface area (Å²) in [4.78, 5) is 15.9. The molecule has 1 aliphatic carbocycles. The summed E-state index contributed by atoms with van der Waals surface area (Å²) >= 11 is 6.10. The van der Waals surface area contributed by atoms with Crippen molar-refractivity contribution in [2.45, 2.75) is 43.9 Å². The van der Waals surface area contributed by atoms with E-state index in [4.69, 9.17) is 17.3 Å². The van der Waals surface area contributed by atoms with Gasteiger partial charge in [0.05, 0.1) is 17.3 Å². The molecule has 3 N–H and O–H groups in total. The Labute approximate surface area is 214 Å². The highest BCUT2D eigenvalue weighted by atomic mass is 35.5. The molecule has 4 aromatic rings. The Kier molecular flexibility index (Phi) is 6.53. The van der Waals surface area contributed by atoms with Crippen LogP contribution in [0.3, 0.4) is 0 Å². The van der Waals surface area contributed by atoms with Crippen LogP contribution in [0.4, 0.5) is 23.2 Å². The van der Waals surface area contributed by atoms with E-state index < -0.39 is 23.6 Å². The van der Waals surface area contributed by atoms with Crippen LogP contribution in [-0.4, -0.2) is 26.7 Å². The Bertz CT molecular complexity index is 1480. The van der Waals surface area contributed by atoms with Crippen LogP contribution in [0.1, 0.15) is 47.9 Å². The number of fused-ring (bicyclic) bond motifs is 1. The van der Waals surface area contributed by atoms with Crippen LogP contribution >= 0.6 is 11.6 Å². The molecule has 2 aromatic carbocycles. The van der Waals surface area contributed by atoms with Gasteiger partial charge in [-0.25, -0.2) is 9.37 Å². The molecular formula is C26H22ClF4N5O. The number of benzene rings is 2. The first-order valence-electron chi connectivity index (χ1n) is 11.7. The lowest BCUT2D eigenvalue weighted by Crippen LogP contribution is -2.30. The van der Waals surface area contributed by atoms with Crippen molar-refractivity contribution in [3.8, 4) is 11.3 Å². The minimum Gasteiger partial charge on any atom is -0.382 e. The predicted octanol–water partition coefficient (Wildman–Crippen LogP) is 6.60. The summed E-state index contributed by atoms with van der Waals surface area (Å²) in [6.07, 6.45) is -2.21. The van der Waals surface area contributed by atoms with Gasteiger partial charge in [-0.3, -0.25) is 9.48 Å². The second-order valence-corrected chi connectivity index (χ2v) is 9.50. The molecular weight excluding hydrogens is 510 g/mol. The van der Waals surface area contributed by atoms with Crippen LogP contribution in [0.2, 0.25) is 5.02 Å². The molecule has 0 saturated heterocycles. The fraction of sp³-hybridized carbons (Fsp3) is 0.269. The van der Waals surface area contributed by atoms with Gasteiger partial charge in [0.1, 0.15) is 17.2 Å². The summed E-state index contributed by atoms with van der Waals surface area (Å²) in [5.41, 5.74) is 5.85. The number of carbonyl (C=O) groups is 1. The fourth-order valence-corrected chi connectivity index (χ4v) is 4.98. The molecule has 2 heterocycles. The maximum atomic E-state index is 14.3. The van der Waals surface area contributed by atoms with E-state index >= 15 is 0 Å². The van der Waals surface area contributed by atoms with Crippen molar-refractivity contribution >= 4 is 34.1 Å². The smallest absolute Gasteiger partial charge is 0.382 e. The van der Waals surface area contributed by atoms with Gasteiger partial charge in [-0.15, -0.1) is 0 Å². The van der Waals surface area contributed by atoms with E-state index in [1.807, 2.05) is 0 Å². The Morgan fingerprint density at radius 1 is 1.05 bits per heavy atom. The average molecular weight is 532 g/mol. The van der Waals surface area contributed by atoms with Crippen LogP contribution in [-0.2, 0) is 6.18 Å². The first kappa shape index (κ1) is 25.0. The van der Waals surface area contributed by atoms with Crippen LogP contribution in [0.5, 0.6) is 0 Å². The third kappa shape index (κ3) is 5.11. The number of anilines is 1. The number of nitrogens with two attached hydrogens (primary N) is 1. The molecule has 1 aliphatic rings. The summed E-state index contributed by atoms with van der Waals surface area (Å²) in [5, 5.41) is 8.63. The molecule has 1 fully saturated rings. The number of hydrogen-bond donors (Lipinski definition) is 2. The molecule has 192 valence electrons. The number of nitrogens with one attached hydrogen (secondary N) is 1. The maximum absolute atomic E-state index is 14.3. The van der Waals surface area contributed by atoms with Crippen LogP contribution in [0.15, 0.2) is 54.6 Å². The van der Waals surface area contributed by atoms with Gasteiger partial charge >= 0.3 is 6.18 Å².